The van der Waals surface area contributed by atoms with Gasteiger partial charge in [-0.25, -0.2) is 0 Å². The summed E-state index contributed by atoms with van der Waals surface area (Å²) in [5.41, 5.74) is 0.0825. The molecule has 2 aliphatic carbocycles. The van der Waals surface area contributed by atoms with Gasteiger partial charge in [-0.1, -0.05) is 6.92 Å². The maximum absolute atomic E-state index is 6.43. The van der Waals surface area contributed by atoms with E-state index in [2.05, 4.69) is 33.0 Å². The van der Waals surface area contributed by atoms with E-state index in [0.717, 1.165) is 18.5 Å². The van der Waals surface area contributed by atoms with E-state index in [0.29, 0.717) is 0 Å². The van der Waals surface area contributed by atoms with Gasteiger partial charge in [0, 0.05) is 12.6 Å². The molecular weight excluding hydrogens is 210 g/mol. The van der Waals surface area contributed by atoms with Crippen molar-refractivity contribution >= 4 is 0 Å². The van der Waals surface area contributed by atoms with Gasteiger partial charge >= 0.3 is 0 Å². The minimum absolute atomic E-state index is 0.0220. The van der Waals surface area contributed by atoms with Gasteiger partial charge in [0.15, 0.2) is 0 Å². The molecule has 0 aromatic rings. The summed E-state index contributed by atoms with van der Waals surface area (Å²) in [6.45, 7) is 9.98. The van der Waals surface area contributed by atoms with Gasteiger partial charge in [0.1, 0.15) is 0 Å². The Morgan fingerprint density at radius 3 is 2.18 bits per heavy atom. The van der Waals surface area contributed by atoms with Crippen molar-refractivity contribution in [3.63, 3.8) is 0 Å². The van der Waals surface area contributed by atoms with Gasteiger partial charge in [-0.05, 0) is 65.2 Å². The average Bonchev–Trinajstić information content (AvgIpc) is 3.01. The van der Waals surface area contributed by atoms with Crippen LogP contribution in [0.5, 0.6) is 0 Å². The molecule has 2 nitrogen and oxygen atoms in total. The number of hydrogen-bond acceptors (Lipinski definition) is 2. The van der Waals surface area contributed by atoms with Gasteiger partial charge < -0.3 is 10.1 Å². The Balaban J connectivity index is 1.94. The molecular formula is C15H29NO. The monoisotopic (exact) mass is 239 g/mol. The van der Waals surface area contributed by atoms with Gasteiger partial charge in [-0.15, -0.1) is 0 Å². The maximum Gasteiger partial charge on any atom is 0.0813 e. The molecule has 1 N–H and O–H groups in total. The molecule has 0 amide bonds. The first-order chi connectivity index (χ1) is 7.89. The molecule has 0 aromatic carbocycles. The zero-order valence-electron chi connectivity index (χ0n) is 12.0. The topological polar surface area (TPSA) is 21.3 Å². The van der Waals surface area contributed by atoms with Crippen molar-refractivity contribution in [1.82, 2.24) is 5.32 Å². The number of ether oxygens (including phenoxy) is 1. The van der Waals surface area contributed by atoms with E-state index in [1.54, 1.807) is 0 Å². The minimum Gasteiger partial charge on any atom is -0.368 e. The molecule has 100 valence electrons. The highest BCUT2D eigenvalue weighted by atomic mass is 16.5. The predicted octanol–water partition coefficient (Wildman–Crippen LogP) is 3.50. The largest absolute Gasteiger partial charge is 0.368 e. The fourth-order valence-electron chi connectivity index (χ4n) is 2.87. The van der Waals surface area contributed by atoms with Crippen LogP contribution in [0.2, 0.25) is 0 Å². The van der Waals surface area contributed by atoms with Crippen LogP contribution in [0.4, 0.5) is 0 Å². The first-order valence-electron chi connectivity index (χ1n) is 7.32. The highest BCUT2D eigenvalue weighted by Gasteiger charge is 2.39. The fourth-order valence-corrected chi connectivity index (χ4v) is 2.87. The molecule has 2 heteroatoms. The Morgan fingerprint density at radius 1 is 1.12 bits per heavy atom. The molecule has 0 heterocycles. The second-order valence-corrected chi connectivity index (χ2v) is 7.24. The van der Waals surface area contributed by atoms with Crippen LogP contribution < -0.4 is 5.32 Å². The Bertz CT molecular complexity index is 244. The number of rotatable bonds is 4. The van der Waals surface area contributed by atoms with Crippen molar-refractivity contribution in [3.05, 3.63) is 0 Å². The normalized spacial score (nSPS) is 34.9. The lowest BCUT2D eigenvalue weighted by molar-refractivity contribution is -0.150. The molecule has 0 saturated heterocycles. The van der Waals surface area contributed by atoms with Crippen molar-refractivity contribution in [1.29, 1.82) is 0 Å². The van der Waals surface area contributed by atoms with E-state index in [9.17, 15) is 0 Å². The molecule has 0 aliphatic heterocycles. The van der Waals surface area contributed by atoms with Crippen LogP contribution in [0.25, 0.3) is 0 Å². The summed E-state index contributed by atoms with van der Waals surface area (Å²) in [6, 6.07) is 0.787. The van der Waals surface area contributed by atoms with Crippen LogP contribution in [-0.2, 0) is 4.74 Å². The summed E-state index contributed by atoms with van der Waals surface area (Å²) in [5, 5.41) is 3.68. The first-order valence-corrected chi connectivity index (χ1v) is 7.32. The van der Waals surface area contributed by atoms with Crippen LogP contribution in [0.3, 0.4) is 0 Å². The molecule has 0 radical (unpaired) electrons. The quantitative estimate of drug-likeness (QED) is 0.810. The molecule has 2 rings (SSSR count). The third-order valence-electron chi connectivity index (χ3n) is 4.00. The third-order valence-corrected chi connectivity index (χ3v) is 4.00. The van der Waals surface area contributed by atoms with Crippen molar-refractivity contribution in [3.8, 4) is 0 Å². The lowest BCUT2D eigenvalue weighted by atomic mass is 9.79. The molecule has 2 saturated carbocycles. The van der Waals surface area contributed by atoms with Crippen LogP contribution in [0.1, 0.15) is 66.2 Å². The zero-order chi connectivity index (χ0) is 12.5. The fraction of sp³-hybridized carbons (Fsp3) is 1.00. The summed E-state index contributed by atoms with van der Waals surface area (Å²) in [7, 11) is 0. The molecule has 2 fully saturated rings. The maximum atomic E-state index is 6.43. The first kappa shape index (κ1) is 13.4. The molecule has 0 bridgehead atoms. The van der Waals surface area contributed by atoms with Crippen molar-refractivity contribution < 1.29 is 4.74 Å². The molecule has 0 unspecified atom stereocenters. The zero-order valence-corrected chi connectivity index (χ0v) is 12.0. The van der Waals surface area contributed by atoms with E-state index < -0.39 is 0 Å². The van der Waals surface area contributed by atoms with E-state index in [1.807, 2.05) is 0 Å². The minimum atomic E-state index is -0.0220. The highest BCUT2D eigenvalue weighted by molar-refractivity contribution is 4.93. The Hall–Kier alpha value is -0.0800. The van der Waals surface area contributed by atoms with Crippen LogP contribution in [0.15, 0.2) is 0 Å². The van der Waals surface area contributed by atoms with Crippen molar-refractivity contribution in [2.24, 2.45) is 5.92 Å². The third kappa shape index (κ3) is 4.26. The lowest BCUT2D eigenvalue weighted by Crippen LogP contribution is -2.50. The summed E-state index contributed by atoms with van der Waals surface area (Å²) < 4.78 is 6.43. The SMILES string of the molecule is CC1CCC(CNC2CC2)(OC(C)(C)C)CC1. The van der Waals surface area contributed by atoms with Gasteiger partial charge in [-0.2, -0.15) is 0 Å². The second kappa shape index (κ2) is 4.89. The molecule has 17 heavy (non-hydrogen) atoms. The smallest absolute Gasteiger partial charge is 0.0813 e. The summed E-state index contributed by atoms with van der Waals surface area (Å²) in [6.07, 6.45) is 7.82. The van der Waals surface area contributed by atoms with E-state index in [1.165, 1.54) is 38.5 Å². The van der Waals surface area contributed by atoms with Crippen LogP contribution in [0, 0.1) is 5.92 Å². The molecule has 0 aromatic heterocycles. The highest BCUT2D eigenvalue weighted by Crippen LogP contribution is 2.37. The Morgan fingerprint density at radius 2 is 1.71 bits per heavy atom. The molecule has 0 spiro atoms. The van der Waals surface area contributed by atoms with Crippen molar-refractivity contribution in [2.75, 3.05) is 6.54 Å². The summed E-state index contributed by atoms with van der Waals surface area (Å²) >= 11 is 0. The summed E-state index contributed by atoms with van der Waals surface area (Å²) in [4.78, 5) is 0. The number of nitrogens with one attached hydrogen (secondary N) is 1. The Kier molecular flexibility index (Phi) is 3.84. The van der Waals surface area contributed by atoms with Gasteiger partial charge in [0.05, 0.1) is 11.2 Å². The lowest BCUT2D eigenvalue weighted by Gasteiger charge is -2.44. The predicted molar refractivity (Wildman–Crippen MR) is 72.2 cm³/mol. The standard InChI is InChI=1S/C15H29NO/c1-12-7-9-15(10-8-12,17-14(2,3)4)11-16-13-5-6-13/h12-13,16H,5-11H2,1-4H3. The second-order valence-electron chi connectivity index (χ2n) is 7.24. The molecule has 0 atom stereocenters. The molecule has 2 aliphatic rings. The van der Waals surface area contributed by atoms with Gasteiger partial charge in [-0.3, -0.25) is 0 Å². The van der Waals surface area contributed by atoms with Crippen LogP contribution in [-0.4, -0.2) is 23.8 Å². The average molecular weight is 239 g/mol. The van der Waals surface area contributed by atoms with Gasteiger partial charge in [0.2, 0.25) is 0 Å². The summed E-state index contributed by atoms with van der Waals surface area (Å²) in [5.74, 6) is 0.882. The van der Waals surface area contributed by atoms with Crippen LogP contribution >= 0.6 is 0 Å². The van der Waals surface area contributed by atoms with Crippen molar-refractivity contribution in [2.45, 2.75) is 83.5 Å². The van der Waals surface area contributed by atoms with E-state index >= 15 is 0 Å². The van der Waals surface area contributed by atoms with E-state index in [4.69, 9.17) is 4.74 Å². The van der Waals surface area contributed by atoms with E-state index in [-0.39, 0.29) is 11.2 Å². The Labute approximate surface area is 107 Å². The van der Waals surface area contributed by atoms with Gasteiger partial charge in [0.25, 0.3) is 0 Å². The number of hydrogen-bond donors (Lipinski definition) is 1.